The lowest BCUT2D eigenvalue weighted by Gasteiger charge is -2.08. The van der Waals surface area contributed by atoms with Crippen molar-refractivity contribution in [3.05, 3.63) is 64.7 Å². The molecule has 1 amide bonds. The summed E-state index contributed by atoms with van der Waals surface area (Å²) in [6.45, 7) is -0.573. The molecule has 0 atom stereocenters. The topological polar surface area (TPSA) is 64.6 Å². The van der Waals surface area contributed by atoms with Gasteiger partial charge in [0, 0.05) is 22.9 Å². The number of methoxy groups -OCH3 is 1. The molecule has 9 heteroatoms. The number of rotatable bonds is 6. The van der Waals surface area contributed by atoms with Gasteiger partial charge in [0.05, 0.1) is 12.7 Å². The summed E-state index contributed by atoms with van der Waals surface area (Å²) >= 11 is 5.83. The molecule has 0 heterocycles. The summed E-state index contributed by atoms with van der Waals surface area (Å²) in [5.74, 6) is -0.961. The van der Waals surface area contributed by atoms with E-state index < -0.39 is 30.2 Å². The summed E-state index contributed by atoms with van der Waals surface area (Å²) in [6, 6.07) is 9.29. The Hall–Kier alpha value is -3.00. The molecule has 0 fully saturated rings. The van der Waals surface area contributed by atoms with Crippen LogP contribution < -0.4 is 10.1 Å². The highest BCUT2D eigenvalue weighted by atomic mass is 35.5. The van der Waals surface area contributed by atoms with E-state index in [-0.39, 0.29) is 10.6 Å². The number of carbonyl (C=O) groups is 2. The summed E-state index contributed by atoms with van der Waals surface area (Å²) < 4.78 is 47.9. The third-order valence-electron chi connectivity index (χ3n) is 3.42. The molecular formula is C19H15ClF3NO4. The highest BCUT2D eigenvalue weighted by Crippen LogP contribution is 2.32. The smallest absolute Gasteiger partial charge is 0.416 e. The van der Waals surface area contributed by atoms with Crippen LogP contribution in [0.4, 0.5) is 18.9 Å². The van der Waals surface area contributed by atoms with Crippen molar-refractivity contribution in [2.75, 3.05) is 19.0 Å². The van der Waals surface area contributed by atoms with Gasteiger partial charge in [0.1, 0.15) is 5.75 Å². The van der Waals surface area contributed by atoms with Crippen LogP contribution >= 0.6 is 11.6 Å². The van der Waals surface area contributed by atoms with E-state index in [4.69, 9.17) is 21.1 Å². The molecule has 0 aromatic heterocycles. The van der Waals surface area contributed by atoms with E-state index in [1.807, 2.05) is 0 Å². The van der Waals surface area contributed by atoms with Crippen molar-refractivity contribution in [3.63, 3.8) is 0 Å². The van der Waals surface area contributed by atoms with Crippen LogP contribution in [0.5, 0.6) is 5.75 Å². The fourth-order valence-corrected chi connectivity index (χ4v) is 2.27. The number of anilines is 1. The van der Waals surface area contributed by atoms with Crippen molar-refractivity contribution < 1.29 is 32.2 Å². The molecule has 0 spiro atoms. The number of amides is 1. The van der Waals surface area contributed by atoms with E-state index in [1.54, 1.807) is 24.3 Å². The molecule has 1 N–H and O–H groups in total. The maximum absolute atomic E-state index is 12.7. The van der Waals surface area contributed by atoms with Gasteiger partial charge in [-0.1, -0.05) is 17.7 Å². The summed E-state index contributed by atoms with van der Waals surface area (Å²) in [5, 5.41) is 2.55. The standard InChI is InChI=1S/C19H15ClF3NO4/c1-27-15-4-2-3-14(10-15)24-17(25)11-28-18(26)8-5-12-9-13(19(21,22)23)6-7-16(12)20/h2-10H,11H2,1H3,(H,24,25)/b8-5+. The summed E-state index contributed by atoms with van der Waals surface area (Å²) in [4.78, 5) is 23.5. The third kappa shape index (κ3) is 6.31. The number of esters is 1. The van der Waals surface area contributed by atoms with Gasteiger partial charge in [0.25, 0.3) is 5.91 Å². The first-order chi connectivity index (χ1) is 13.2. The second-order valence-corrected chi connectivity index (χ2v) is 5.86. The predicted molar refractivity (Wildman–Crippen MR) is 98.1 cm³/mol. The fraction of sp³-hybridized carbons (Fsp3) is 0.158. The van der Waals surface area contributed by atoms with Gasteiger partial charge in [-0.2, -0.15) is 13.2 Å². The zero-order chi connectivity index (χ0) is 20.7. The monoisotopic (exact) mass is 413 g/mol. The summed E-state index contributed by atoms with van der Waals surface area (Å²) in [6.07, 6.45) is -2.56. The van der Waals surface area contributed by atoms with Crippen LogP contribution in [0.1, 0.15) is 11.1 Å². The van der Waals surface area contributed by atoms with Gasteiger partial charge in [-0.3, -0.25) is 4.79 Å². The number of hydrogen-bond acceptors (Lipinski definition) is 4. The molecule has 5 nitrogen and oxygen atoms in total. The lowest BCUT2D eigenvalue weighted by molar-refractivity contribution is -0.142. The molecule has 0 unspecified atom stereocenters. The fourth-order valence-electron chi connectivity index (χ4n) is 2.09. The van der Waals surface area contributed by atoms with E-state index in [1.165, 1.54) is 7.11 Å². The van der Waals surface area contributed by atoms with Crippen molar-refractivity contribution in [1.82, 2.24) is 0 Å². The van der Waals surface area contributed by atoms with Crippen LogP contribution in [0.3, 0.4) is 0 Å². The van der Waals surface area contributed by atoms with Crippen molar-refractivity contribution in [1.29, 1.82) is 0 Å². The minimum atomic E-state index is -4.54. The Balaban J connectivity index is 1.92. The van der Waals surface area contributed by atoms with E-state index in [0.29, 0.717) is 11.4 Å². The molecule has 0 aliphatic rings. The molecule has 2 rings (SSSR count). The average molecular weight is 414 g/mol. The SMILES string of the molecule is COc1cccc(NC(=O)COC(=O)/C=C/c2cc(C(F)(F)F)ccc2Cl)c1. The Bertz CT molecular complexity index is 897. The van der Waals surface area contributed by atoms with Crippen molar-refractivity contribution in [2.45, 2.75) is 6.18 Å². The molecule has 0 aliphatic heterocycles. The minimum absolute atomic E-state index is 0.00530. The lowest BCUT2D eigenvalue weighted by atomic mass is 10.1. The zero-order valence-corrected chi connectivity index (χ0v) is 15.3. The molecule has 0 saturated heterocycles. The predicted octanol–water partition coefficient (Wildman–Crippen LogP) is 4.56. The van der Waals surface area contributed by atoms with Crippen molar-refractivity contribution in [3.8, 4) is 5.75 Å². The van der Waals surface area contributed by atoms with Gasteiger partial charge in [-0.05, 0) is 42.0 Å². The largest absolute Gasteiger partial charge is 0.497 e. The van der Waals surface area contributed by atoms with E-state index in [0.717, 1.165) is 30.4 Å². The van der Waals surface area contributed by atoms with Gasteiger partial charge >= 0.3 is 12.1 Å². The Morgan fingerprint density at radius 3 is 2.61 bits per heavy atom. The van der Waals surface area contributed by atoms with Crippen molar-refractivity contribution in [2.24, 2.45) is 0 Å². The molecule has 0 saturated carbocycles. The molecule has 148 valence electrons. The Morgan fingerprint density at radius 2 is 1.93 bits per heavy atom. The van der Waals surface area contributed by atoms with E-state index in [2.05, 4.69) is 5.32 Å². The van der Waals surface area contributed by atoms with Gasteiger partial charge in [0.2, 0.25) is 0 Å². The maximum Gasteiger partial charge on any atom is 0.416 e. The highest BCUT2D eigenvalue weighted by Gasteiger charge is 2.30. The molecule has 0 aliphatic carbocycles. The molecular weight excluding hydrogens is 399 g/mol. The average Bonchev–Trinajstić information content (AvgIpc) is 2.65. The van der Waals surface area contributed by atoms with Gasteiger partial charge in [-0.25, -0.2) is 4.79 Å². The highest BCUT2D eigenvalue weighted by molar-refractivity contribution is 6.32. The lowest BCUT2D eigenvalue weighted by Crippen LogP contribution is -2.20. The molecule has 0 bridgehead atoms. The number of carbonyl (C=O) groups excluding carboxylic acids is 2. The number of hydrogen-bond donors (Lipinski definition) is 1. The minimum Gasteiger partial charge on any atom is -0.497 e. The van der Waals surface area contributed by atoms with E-state index >= 15 is 0 Å². The van der Waals surface area contributed by atoms with Gasteiger partial charge in [0.15, 0.2) is 6.61 Å². The number of ether oxygens (including phenoxy) is 2. The van der Waals surface area contributed by atoms with Crippen LogP contribution in [0.25, 0.3) is 6.08 Å². The Labute approximate surface area is 163 Å². The molecule has 2 aromatic carbocycles. The zero-order valence-electron chi connectivity index (χ0n) is 14.5. The summed E-state index contributed by atoms with van der Waals surface area (Å²) in [7, 11) is 1.48. The van der Waals surface area contributed by atoms with Crippen LogP contribution in [0.2, 0.25) is 5.02 Å². The number of alkyl halides is 3. The second-order valence-electron chi connectivity index (χ2n) is 5.46. The number of halogens is 4. The summed E-state index contributed by atoms with van der Waals surface area (Å²) in [5.41, 5.74) is -0.455. The van der Waals surface area contributed by atoms with Crippen LogP contribution in [-0.2, 0) is 20.5 Å². The maximum atomic E-state index is 12.7. The van der Waals surface area contributed by atoms with Crippen LogP contribution in [0, 0.1) is 0 Å². The first kappa shape index (κ1) is 21.3. The Kier molecular flexibility index (Phi) is 7.06. The second kappa shape index (κ2) is 9.27. The first-order valence-electron chi connectivity index (χ1n) is 7.84. The Morgan fingerprint density at radius 1 is 1.18 bits per heavy atom. The number of nitrogens with one attached hydrogen (secondary N) is 1. The van der Waals surface area contributed by atoms with Crippen LogP contribution in [0.15, 0.2) is 48.5 Å². The molecule has 2 aromatic rings. The van der Waals surface area contributed by atoms with Crippen molar-refractivity contribution >= 4 is 35.2 Å². The number of benzene rings is 2. The quantitative estimate of drug-likeness (QED) is 0.557. The van der Waals surface area contributed by atoms with Crippen LogP contribution in [-0.4, -0.2) is 25.6 Å². The normalized spacial score (nSPS) is 11.3. The molecule has 0 radical (unpaired) electrons. The first-order valence-corrected chi connectivity index (χ1v) is 8.22. The molecule has 28 heavy (non-hydrogen) atoms. The van der Waals surface area contributed by atoms with Gasteiger partial charge < -0.3 is 14.8 Å². The third-order valence-corrected chi connectivity index (χ3v) is 3.77. The van der Waals surface area contributed by atoms with E-state index in [9.17, 15) is 22.8 Å². The van der Waals surface area contributed by atoms with Gasteiger partial charge in [-0.15, -0.1) is 0 Å².